The molecule has 0 N–H and O–H groups in total. The van der Waals surface area contributed by atoms with E-state index in [2.05, 4.69) is 150 Å². The molecular weight excluding hydrogens is 449 g/mol. The SMILES string of the molecule is CC1(C)N(c2ccccc2)c2ccc3c4c2N1c1ccccc1B4c1ccccc1N3c1ccccc1. The molecule has 0 aliphatic carbocycles. The van der Waals surface area contributed by atoms with Gasteiger partial charge in [0.15, 0.2) is 0 Å². The predicted octanol–water partition coefficient (Wildman–Crippen LogP) is 6.33. The highest BCUT2D eigenvalue weighted by Gasteiger charge is 2.52. The van der Waals surface area contributed by atoms with Crippen molar-refractivity contribution in [2.45, 2.75) is 19.5 Å². The first-order valence-corrected chi connectivity index (χ1v) is 13.0. The number of nitrogens with zero attached hydrogens (tertiary/aromatic N) is 3. The average Bonchev–Trinajstić information content (AvgIpc) is 3.19. The van der Waals surface area contributed by atoms with Crippen LogP contribution < -0.4 is 31.1 Å². The van der Waals surface area contributed by atoms with E-state index in [1.54, 1.807) is 0 Å². The van der Waals surface area contributed by atoms with E-state index in [0.29, 0.717) is 0 Å². The number of rotatable bonds is 2. The van der Waals surface area contributed by atoms with E-state index in [4.69, 9.17) is 0 Å². The van der Waals surface area contributed by atoms with Gasteiger partial charge in [0.1, 0.15) is 5.66 Å². The smallest absolute Gasteiger partial charge is 0.252 e. The number of hydrogen-bond donors (Lipinski definition) is 0. The summed E-state index contributed by atoms with van der Waals surface area (Å²) in [5.41, 5.74) is 12.6. The van der Waals surface area contributed by atoms with Crippen molar-refractivity contribution in [2.24, 2.45) is 0 Å². The number of anilines is 7. The molecule has 0 spiro atoms. The fourth-order valence-corrected chi connectivity index (χ4v) is 6.93. The van der Waals surface area contributed by atoms with Gasteiger partial charge in [-0.15, -0.1) is 0 Å². The van der Waals surface area contributed by atoms with Gasteiger partial charge in [-0.2, -0.15) is 0 Å². The third-order valence-electron chi connectivity index (χ3n) is 8.27. The highest BCUT2D eigenvalue weighted by molar-refractivity contribution is 7.00. The minimum Gasteiger partial charge on any atom is -0.317 e. The molecule has 3 heterocycles. The molecule has 0 aromatic heterocycles. The molecule has 0 saturated carbocycles. The first kappa shape index (κ1) is 20.7. The van der Waals surface area contributed by atoms with Crippen molar-refractivity contribution in [3.05, 3.63) is 121 Å². The Labute approximate surface area is 218 Å². The van der Waals surface area contributed by atoms with Crippen LogP contribution >= 0.6 is 0 Å². The lowest BCUT2D eigenvalue weighted by molar-refractivity contribution is 0.541. The third kappa shape index (κ3) is 2.62. The van der Waals surface area contributed by atoms with E-state index in [0.717, 1.165) is 0 Å². The molecule has 0 radical (unpaired) electrons. The highest BCUT2D eigenvalue weighted by Crippen LogP contribution is 2.55. The molecule has 176 valence electrons. The van der Waals surface area contributed by atoms with E-state index >= 15 is 0 Å². The molecule has 3 aliphatic rings. The van der Waals surface area contributed by atoms with Gasteiger partial charge in [-0.3, -0.25) is 0 Å². The zero-order valence-electron chi connectivity index (χ0n) is 21.0. The van der Waals surface area contributed by atoms with E-state index in [-0.39, 0.29) is 12.4 Å². The molecule has 0 amide bonds. The maximum absolute atomic E-state index is 2.58. The summed E-state index contributed by atoms with van der Waals surface area (Å²) in [5.74, 6) is 0. The van der Waals surface area contributed by atoms with Gasteiger partial charge in [0.05, 0.1) is 11.4 Å². The molecule has 5 aromatic rings. The van der Waals surface area contributed by atoms with Gasteiger partial charge < -0.3 is 14.7 Å². The Balaban J connectivity index is 1.50. The molecule has 0 bridgehead atoms. The molecule has 3 nitrogen and oxygen atoms in total. The summed E-state index contributed by atoms with van der Waals surface area (Å²) in [4.78, 5) is 7.54. The molecular formula is C33H26BN3. The Morgan fingerprint density at radius 2 is 1.03 bits per heavy atom. The van der Waals surface area contributed by atoms with Crippen LogP contribution in [0.4, 0.5) is 39.8 Å². The van der Waals surface area contributed by atoms with E-state index < -0.39 is 0 Å². The maximum atomic E-state index is 2.58. The van der Waals surface area contributed by atoms with Gasteiger partial charge in [0.2, 0.25) is 0 Å². The van der Waals surface area contributed by atoms with Crippen LogP contribution in [0.5, 0.6) is 0 Å². The molecule has 0 atom stereocenters. The standard InChI is InChI=1S/C33H26BN3/c1-33(2)36(24-15-7-4-8-16-24)30-22-21-29-31-32(30)37(33)28-20-12-10-18-26(28)34(31)25-17-9-11-19-27(25)35(29)23-13-5-3-6-14-23/h3-22H,1-2H3. The van der Waals surface area contributed by atoms with Crippen molar-refractivity contribution in [2.75, 3.05) is 14.7 Å². The van der Waals surface area contributed by atoms with Crippen LogP contribution in [0.25, 0.3) is 0 Å². The van der Waals surface area contributed by atoms with Gasteiger partial charge in [0.25, 0.3) is 6.71 Å². The second kappa shape index (κ2) is 7.30. The van der Waals surface area contributed by atoms with Crippen molar-refractivity contribution in [1.29, 1.82) is 0 Å². The van der Waals surface area contributed by atoms with Crippen LogP contribution in [-0.2, 0) is 0 Å². The number of hydrogen-bond acceptors (Lipinski definition) is 3. The first-order valence-electron chi connectivity index (χ1n) is 13.0. The number of benzene rings is 5. The lowest BCUT2D eigenvalue weighted by atomic mass is 9.33. The molecule has 3 aliphatic heterocycles. The normalized spacial score (nSPS) is 15.8. The lowest BCUT2D eigenvalue weighted by Gasteiger charge is -2.46. The Kier molecular flexibility index (Phi) is 4.09. The topological polar surface area (TPSA) is 9.72 Å². The molecule has 0 unspecified atom stereocenters. The highest BCUT2D eigenvalue weighted by atomic mass is 15.5. The molecule has 37 heavy (non-hydrogen) atoms. The Hall–Kier alpha value is -4.44. The van der Waals surface area contributed by atoms with E-state index in [1.807, 2.05) is 0 Å². The van der Waals surface area contributed by atoms with Crippen LogP contribution in [0.1, 0.15) is 13.8 Å². The summed E-state index contributed by atoms with van der Waals surface area (Å²) in [6.07, 6.45) is 0. The predicted molar refractivity (Wildman–Crippen MR) is 157 cm³/mol. The fraction of sp³-hybridized carbons (Fsp3) is 0.0909. The number of para-hydroxylation sites is 4. The van der Waals surface area contributed by atoms with Crippen molar-refractivity contribution in [1.82, 2.24) is 0 Å². The quantitative estimate of drug-likeness (QED) is 0.271. The van der Waals surface area contributed by atoms with Gasteiger partial charge in [-0.1, -0.05) is 72.8 Å². The van der Waals surface area contributed by atoms with Crippen LogP contribution in [-0.4, -0.2) is 12.4 Å². The van der Waals surface area contributed by atoms with Crippen LogP contribution in [0.2, 0.25) is 0 Å². The molecule has 0 saturated heterocycles. The lowest BCUT2D eigenvalue weighted by Crippen LogP contribution is -2.63. The summed E-state index contributed by atoms with van der Waals surface area (Å²) in [7, 11) is 0. The van der Waals surface area contributed by atoms with Crippen molar-refractivity contribution in [3.8, 4) is 0 Å². The summed E-state index contributed by atoms with van der Waals surface area (Å²) < 4.78 is 0. The average molecular weight is 475 g/mol. The van der Waals surface area contributed by atoms with Crippen molar-refractivity contribution < 1.29 is 0 Å². The van der Waals surface area contributed by atoms with E-state index in [9.17, 15) is 0 Å². The summed E-state index contributed by atoms with van der Waals surface area (Å²) >= 11 is 0. The third-order valence-corrected chi connectivity index (χ3v) is 8.27. The van der Waals surface area contributed by atoms with Crippen molar-refractivity contribution >= 4 is 62.9 Å². The first-order chi connectivity index (χ1) is 18.2. The number of fused-ring (bicyclic) bond motifs is 5. The maximum Gasteiger partial charge on any atom is 0.252 e. The molecule has 8 rings (SSSR count). The Bertz CT molecular complexity index is 1680. The second-order valence-electron chi connectivity index (χ2n) is 10.6. The minimum absolute atomic E-state index is 0.181. The van der Waals surface area contributed by atoms with E-state index in [1.165, 1.54) is 56.2 Å². The van der Waals surface area contributed by atoms with Gasteiger partial charge >= 0.3 is 0 Å². The zero-order chi connectivity index (χ0) is 24.7. The summed E-state index contributed by atoms with van der Waals surface area (Å²) in [5, 5.41) is 0. The van der Waals surface area contributed by atoms with Gasteiger partial charge in [-0.05, 0) is 78.8 Å². The summed E-state index contributed by atoms with van der Waals surface area (Å²) in [6.45, 7) is 4.87. The van der Waals surface area contributed by atoms with Gasteiger partial charge in [-0.25, -0.2) is 0 Å². The second-order valence-corrected chi connectivity index (χ2v) is 10.6. The zero-order valence-corrected chi connectivity index (χ0v) is 21.0. The largest absolute Gasteiger partial charge is 0.317 e. The minimum atomic E-state index is -0.283. The molecule has 5 aromatic carbocycles. The van der Waals surface area contributed by atoms with Crippen molar-refractivity contribution in [3.63, 3.8) is 0 Å². The van der Waals surface area contributed by atoms with Crippen LogP contribution in [0.15, 0.2) is 121 Å². The summed E-state index contributed by atoms with van der Waals surface area (Å²) in [6, 6.07) is 44.2. The fourth-order valence-electron chi connectivity index (χ4n) is 6.93. The molecule has 4 heteroatoms. The Morgan fingerprint density at radius 1 is 0.486 bits per heavy atom. The van der Waals surface area contributed by atoms with Gasteiger partial charge in [0, 0.05) is 28.4 Å². The monoisotopic (exact) mass is 475 g/mol. The molecule has 0 fully saturated rings. The van der Waals surface area contributed by atoms with Crippen LogP contribution in [0.3, 0.4) is 0 Å². The Morgan fingerprint density at radius 3 is 1.73 bits per heavy atom. The van der Waals surface area contributed by atoms with Crippen LogP contribution in [0, 0.1) is 0 Å².